The summed E-state index contributed by atoms with van der Waals surface area (Å²) in [6.07, 6.45) is 1.21. The molecule has 2 N–H and O–H groups in total. The molecule has 0 aliphatic carbocycles. The van der Waals surface area contributed by atoms with Gasteiger partial charge in [0.05, 0.1) is 17.9 Å². The van der Waals surface area contributed by atoms with Gasteiger partial charge in [0.1, 0.15) is 0 Å². The van der Waals surface area contributed by atoms with E-state index in [0.717, 1.165) is 0 Å². The summed E-state index contributed by atoms with van der Waals surface area (Å²) < 4.78 is 25.8. The molecule has 1 unspecified atom stereocenters. The molecule has 0 aromatic heterocycles. The van der Waals surface area contributed by atoms with Crippen molar-refractivity contribution in [3.8, 4) is 0 Å². The summed E-state index contributed by atoms with van der Waals surface area (Å²) in [7, 11) is -3.27. The smallest absolute Gasteiger partial charge is 0.212 e. The van der Waals surface area contributed by atoms with Crippen LogP contribution in [0.15, 0.2) is 0 Å². The second-order valence-corrected chi connectivity index (χ2v) is 6.52. The fourth-order valence-electron chi connectivity index (χ4n) is 1.03. The highest BCUT2D eigenvalue weighted by Gasteiger charge is 2.26. The van der Waals surface area contributed by atoms with E-state index < -0.39 is 15.6 Å². The summed E-state index contributed by atoms with van der Waals surface area (Å²) in [6.45, 7) is 7.35. The van der Waals surface area contributed by atoms with Crippen molar-refractivity contribution in [1.29, 1.82) is 0 Å². The van der Waals surface area contributed by atoms with Gasteiger partial charge in [0.15, 0.2) is 0 Å². The second kappa shape index (κ2) is 5.82. The van der Waals surface area contributed by atoms with Crippen LogP contribution >= 0.6 is 0 Å². The first-order valence-electron chi connectivity index (χ1n) is 5.37. The summed E-state index contributed by atoms with van der Waals surface area (Å²) in [5.74, 6) is 0.490. The number of hydrogen-bond acceptors (Lipinski definition) is 3. The number of nitrogens with one attached hydrogen (secondary N) is 1. The highest BCUT2D eigenvalue weighted by Crippen LogP contribution is 2.11. The summed E-state index contributed by atoms with van der Waals surface area (Å²) in [5, 5.41) is 9.10. The average Bonchev–Trinajstić information content (AvgIpc) is 2.14. The Morgan fingerprint density at radius 2 is 1.93 bits per heavy atom. The SMILES string of the molecule is CCC(C)(CO)NS(=O)(=O)CCC(C)C. The molecule has 0 radical (unpaired) electrons. The van der Waals surface area contributed by atoms with Crippen molar-refractivity contribution in [1.82, 2.24) is 4.72 Å². The van der Waals surface area contributed by atoms with E-state index in [-0.39, 0.29) is 12.4 Å². The van der Waals surface area contributed by atoms with E-state index in [1.54, 1.807) is 6.92 Å². The van der Waals surface area contributed by atoms with E-state index in [1.807, 2.05) is 20.8 Å². The number of rotatable bonds is 7. The van der Waals surface area contributed by atoms with Gasteiger partial charge in [0, 0.05) is 0 Å². The summed E-state index contributed by atoms with van der Waals surface area (Å²) in [6, 6.07) is 0. The van der Waals surface area contributed by atoms with Crippen molar-refractivity contribution in [3.63, 3.8) is 0 Å². The van der Waals surface area contributed by atoms with Crippen LogP contribution in [0.1, 0.15) is 40.5 Å². The van der Waals surface area contributed by atoms with Crippen LogP contribution in [0, 0.1) is 5.92 Å². The largest absolute Gasteiger partial charge is 0.394 e. The zero-order chi connectivity index (χ0) is 12.1. The molecule has 0 saturated carbocycles. The third-order valence-electron chi connectivity index (χ3n) is 2.50. The molecule has 1 atom stereocenters. The van der Waals surface area contributed by atoms with Crippen molar-refractivity contribution in [2.45, 2.75) is 46.1 Å². The highest BCUT2D eigenvalue weighted by atomic mass is 32.2. The lowest BCUT2D eigenvalue weighted by molar-refractivity contribution is 0.191. The Bertz CT molecular complexity index is 268. The Hall–Kier alpha value is -0.130. The molecule has 15 heavy (non-hydrogen) atoms. The van der Waals surface area contributed by atoms with Gasteiger partial charge in [-0.25, -0.2) is 13.1 Å². The van der Waals surface area contributed by atoms with E-state index in [1.165, 1.54) is 0 Å². The van der Waals surface area contributed by atoms with Gasteiger partial charge in [-0.1, -0.05) is 20.8 Å². The fourth-order valence-corrected chi connectivity index (χ4v) is 2.88. The minimum Gasteiger partial charge on any atom is -0.394 e. The lowest BCUT2D eigenvalue weighted by Crippen LogP contribution is -2.49. The van der Waals surface area contributed by atoms with Gasteiger partial charge in [-0.15, -0.1) is 0 Å². The van der Waals surface area contributed by atoms with Crippen LogP contribution in [-0.4, -0.2) is 31.4 Å². The first-order valence-corrected chi connectivity index (χ1v) is 7.02. The molecule has 4 nitrogen and oxygen atoms in total. The van der Waals surface area contributed by atoms with Gasteiger partial charge in [0.2, 0.25) is 10.0 Å². The quantitative estimate of drug-likeness (QED) is 0.697. The molecule has 0 aromatic carbocycles. The molecule has 0 bridgehead atoms. The standard InChI is InChI=1S/C10H23NO3S/c1-5-10(4,8-12)11-15(13,14)7-6-9(2)3/h9,11-12H,5-8H2,1-4H3. The molecule has 0 fully saturated rings. The van der Waals surface area contributed by atoms with Gasteiger partial charge in [0.25, 0.3) is 0 Å². The maximum Gasteiger partial charge on any atom is 0.212 e. The zero-order valence-corrected chi connectivity index (χ0v) is 10.9. The lowest BCUT2D eigenvalue weighted by Gasteiger charge is -2.26. The molecule has 0 aliphatic rings. The van der Waals surface area contributed by atoms with Crippen LogP contribution in [0.2, 0.25) is 0 Å². The third kappa shape index (κ3) is 6.12. The molecule has 5 heteroatoms. The topological polar surface area (TPSA) is 66.4 Å². The van der Waals surface area contributed by atoms with E-state index in [4.69, 9.17) is 5.11 Å². The normalized spacial score (nSPS) is 16.7. The monoisotopic (exact) mass is 237 g/mol. The molecule has 0 heterocycles. The molecule has 0 amide bonds. The molecule has 0 aromatic rings. The number of aliphatic hydroxyl groups excluding tert-OH is 1. The Morgan fingerprint density at radius 3 is 2.27 bits per heavy atom. The Labute approximate surface area is 93.1 Å². The average molecular weight is 237 g/mol. The number of hydrogen-bond donors (Lipinski definition) is 2. The minimum absolute atomic E-state index is 0.125. The summed E-state index contributed by atoms with van der Waals surface area (Å²) in [4.78, 5) is 0. The van der Waals surface area contributed by atoms with Gasteiger partial charge < -0.3 is 5.11 Å². The van der Waals surface area contributed by atoms with Crippen molar-refractivity contribution in [2.24, 2.45) is 5.92 Å². The molecule has 0 aliphatic heterocycles. The predicted molar refractivity (Wildman–Crippen MR) is 62.2 cm³/mol. The van der Waals surface area contributed by atoms with Crippen molar-refractivity contribution in [3.05, 3.63) is 0 Å². The Kier molecular flexibility index (Phi) is 5.77. The second-order valence-electron chi connectivity index (χ2n) is 4.68. The van der Waals surface area contributed by atoms with Crippen LogP contribution < -0.4 is 4.72 Å². The van der Waals surface area contributed by atoms with E-state index >= 15 is 0 Å². The van der Waals surface area contributed by atoms with Gasteiger partial charge in [-0.2, -0.15) is 0 Å². The molecule has 0 saturated heterocycles. The summed E-state index contributed by atoms with van der Waals surface area (Å²) >= 11 is 0. The number of aliphatic hydroxyl groups is 1. The van der Waals surface area contributed by atoms with Crippen molar-refractivity contribution < 1.29 is 13.5 Å². The van der Waals surface area contributed by atoms with Crippen molar-refractivity contribution >= 4 is 10.0 Å². The maximum atomic E-state index is 11.6. The van der Waals surface area contributed by atoms with Crippen LogP contribution in [0.4, 0.5) is 0 Å². The molecule has 0 rings (SSSR count). The lowest BCUT2D eigenvalue weighted by atomic mass is 10.0. The van der Waals surface area contributed by atoms with E-state index in [9.17, 15) is 8.42 Å². The first-order chi connectivity index (χ1) is 6.74. The van der Waals surface area contributed by atoms with Crippen LogP contribution in [-0.2, 0) is 10.0 Å². The van der Waals surface area contributed by atoms with Gasteiger partial charge in [-0.05, 0) is 25.7 Å². The van der Waals surface area contributed by atoms with E-state index in [0.29, 0.717) is 18.8 Å². The fraction of sp³-hybridized carbons (Fsp3) is 1.00. The molecular weight excluding hydrogens is 214 g/mol. The molecular formula is C10H23NO3S. The molecule has 92 valence electrons. The van der Waals surface area contributed by atoms with Crippen LogP contribution in [0.3, 0.4) is 0 Å². The maximum absolute atomic E-state index is 11.6. The van der Waals surface area contributed by atoms with Gasteiger partial charge in [-0.3, -0.25) is 0 Å². The zero-order valence-electron chi connectivity index (χ0n) is 10.1. The predicted octanol–water partition coefficient (Wildman–Crippen LogP) is 1.11. The summed E-state index contributed by atoms with van der Waals surface area (Å²) in [5.41, 5.74) is -0.726. The minimum atomic E-state index is -3.27. The van der Waals surface area contributed by atoms with Crippen molar-refractivity contribution in [2.75, 3.05) is 12.4 Å². The highest BCUT2D eigenvalue weighted by molar-refractivity contribution is 7.89. The van der Waals surface area contributed by atoms with E-state index in [2.05, 4.69) is 4.72 Å². The number of sulfonamides is 1. The molecule has 0 spiro atoms. The van der Waals surface area contributed by atoms with Crippen LogP contribution in [0.25, 0.3) is 0 Å². The van der Waals surface area contributed by atoms with Crippen LogP contribution in [0.5, 0.6) is 0 Å². The Morgan fingerprint density at radius 1 is 1.40 bits per heavy atom. The first kappa shape index (κ1) is 14.9. The Balaban J connectivity index is 4.37. The van der Waals surface area contributed by atoms with Gasteiger partial charge >= 0.3 is 0 Å². The third-order valence-corrected chi connectivity index (χ3v) is 4.07.